The van der Waals surface area contributed by atoms with Gasteiger partial charge in [-0.1, -0.05) is 26.8 Å². The van der Waals surface area contributed by atoms with Crippen LogP contribution in [0.15, 0.2) is 22.6 Å². The maximum atomic E-state index is 13.6. The highest BCUT2D eigenvalue weighted by Gasteiger charge is 2.29. The van der Waals surface area contributed by atoms with E-state index in [9.17, 15) is 14.3 Å². The zero-order valence-electron chi connectivity index (χ0n) is 11.8. The van der Waals surface area contributed by atoms with Crippen molar-refractivity contribution < 1.29 is 18.7 Å². The van der Waals surface area contributed by atoms with Gasteiger partial charge in [0.25, 0.3) is 0 Å². The number of carbonyl (C=O) groups is 1. The van der Waals surface area contributed by atoms with Crippen LogP contribution in [-0.2, 0) is 5.41 Å². The molecule has 0 aliphatic heterocycles. The minimum Gasteiger partial charge on any atom is -0.475 e. The van der Waals surface area contributed by atoms with Gasteiger partial charge in [0, 0.05) is 11.0 Å². The summed E-state index contributed by atoms with van der Waals surface area (Å²) in [6, 6.07) is 4.55. The van der Waals surface area contributed by atoms with Crippen LogP contribution in [0.4, 0.5) is 4.39 Å². The normalized spacial score (nSPS) is 11.7. The van der Waals surface area contributed by atoms with Gasteiger partial charge < -0.3 is 9.52 Å². The van der Waals surface area contributed by atoms with Crippen LogP contribution in [0.25, 0.3) is 11.5 Å². The summed E-state index contributed by atoms with van der Waals surface area (Å²) in [5.74, 6) is -1.64. The molecule has 1 N–H and O–H groups in total. The van der Waals surface area contributed by atoms with Gasteiger partial charge in [-0.05, 0) is 24.6 Å². The smallest absolute Gasteiger partial charge is 0.373 e. The predicted octanol–water partition coefficient (Wildman–Crippen LogP) is 3.78. The Labute approximate surface area is 116 Å². The molecule has 2 aromatic rings. The number of benzene rings is 1. The molecule has 0 unspecified atom stereocenters. The van der Waals surface area contributed by atoms with Crippen molar-refractivity contribution in [2.24, 2.45) is 0 Å². The first kappa shape index (κ1) is 14.2. The average Bonchev–Trinajstić information content (AvgIpc) is 2.77. The molecule has 1 aromatic heterocycles. The molecule has 20 heavy (non-hydrogen) atoms. The average molecular weight is 277 g/mol. The van der Waals surface area contributed by atoms with Crippen molar-refractivity contribution in [2.45, 2.75) is 33.1 Å². The molecule has 1 heterocycles. The van der Waals surface area contributed by atoms with Gasteiger partial charge in [0.2, 0.25) is 11.7 Å². The van der Waals surface area contributed by atoms with Crippen molar-refractivity contribution in [2.75, 3.05) is 0 Å². The van der Waals surface area contributed by atoms with E-state index in [2.05, 4.69) is 4.98 Å². The summed E-state index contributed by atoms with van der Waals surface area (Å²) in [6.45, 7) is 7.18. The number of aromatic nitrogens is 1. The molecule has 0 atom stereocenters. The largest absolute Gasteiger partial charge is 0.475 e. The molecule has 0 saturated heterocycles. The summed E-state index contributed by atoms with van der Waals surface area (Å²) in [5.41, 5.74) is 0.806. The first-order chi connectivity index (χ1) is 9.20. The standard InChI is InChI=1S/C15H16FNO3/c1-8-5-6-9(7-10(8)16)13-17-12(15(2,3)4)11(20-13)14(18)19/h5-7H,1-4H3,(H,18,19). The predicted molar refractivity (Wildman–Crippen MR) is 72.3 cm³/mol. The summed E-state index contributed by atoms with van der Waals surface area (Å²) < 4.78 is 18.9. The monoisotopic (exact) mass is 277 g/mol. The maximum absolute atomic E-state index is 13.6. The van der Waals surface area contributed by atoms with Gasteiger partial charge in [0.15, 0.2) is 0 Å². The second kappa shape index (κ2) is 4.74. The Balaban J connectivity index is 2.58. The van der Waals surface area contributed by atoms with E-state index in [1.165, 1.54) is 6.07 Å². The lowest BCUT2D eigenvalue weighted by atomic mass is 9.91. The summed E-state index contributed by atoms with van der Waals surface area (Å²) in [7, 11) is 0. The Morgan fingerprint density at radius 3 is 2.45 bits per heavy atom. The van der Waals surface area contributed by atoms with Gasteiger partial charge in [0.05, 0.1) is 0 Å². The van der Waals surface area contributed by atoms with Gasteiger partial charge >= 0.3 is 5.97 Å². The van der Waals surface area contributed by atoms with Gasteiger partial charge in [0.1, 0.15) is 11.5 Å². The van der Waals surface area contributed by atoms with Crippen LogP contribution in [0.1, 0.15) is 42.6 Å². The highest BCUT2D eigenvalue weighted by atomic mass is 19.1. The number of oxazole rings is 1. The molecule has 0 amide bonds. The van der Waals surface area contributed by atoms with Crippen molar-refractivity contribution >= 4 is 5.97 Å². The molecule has 4 nitrogen and oxygen atoms in total. The van der Waals surface area contributed by atoms with E-state index in [-0.39, 0.29) is 17.5 Å². The van der Waals surface area contributed by atoms with Crippen LogP contribution < -0.4 is 0 Å². The lowest BCUT2D eigenvalue weighted by Crippen LogP contribution is -2.16. The van der Waals surface area contributed by atoms with E-state index >= 15 is 0 Å². The molecule has 106 valence electrons. The molecule has 0 bridgehead atoms. The number of rotatable bonds is 2. The van der Waals surface area contributed by atoms with Crippen LogP contribution in [0, 0.1) is 12.7 Å². The van der Waals surface area contributed by atoms with Crippen LogP contribution in [-0.4, -0.2) is 16.1 Å². The quantitative estimate of drug-likeness (QED) is 0.907. The van der Waals surface area contributed by atoms with Crippen molar-refractivity contribution in [3.63, 3.8) is 0 Å². The number of aromatic carboxylic acids is 1. The third-order valence-corrected chi connectivity index (χ3v) is 2.95. The molecule has 2 rings (SSSR count). The van der Waals surface area contributed by atoms with E-state index in [4.69, 9.17) is 4.42 Å². The zero-order valence-corrected chi connectivity index (χ0v) is 11.8. The Kier molecular flexibility index (Phi) is 3.38. The lowest BCUT2D eigenvalue weighted by Gasteiger charge is -2.14. The number of halogens is 1. The Bertz CT molecular complexity index is 668. The maximum Gasteiger partial charge on any atom is 0.373 e. The fraction of sp³-hybridized carbons (Fsp3) is 0.333. The first-order valence-corrected chi connectivity index (χ1v) is 6.21. The molecular weight excluding hydrogens is 261 g/mol. The molecule has 0 radical (unpaired) electrons. The topological polar surface area (TPSA) is 63.3 Å². The van der Waals surface area contributed by atoms with Gasteiger partial charge in [-0.3, -0.25) is 0 Å². The number of carboxylic acid groups (broad SMARTS) is 1. The van der Waals surface area contributed by atoms with Gasteiger partial charge in [-0.2, -0.15) is 0 Å². The molecule has 0 saturated carbocycles. The summed E-state index contributed by atoms with van der Waals surface area (Å²) in [4.78, 5) is 15.5. The molecule has 0 spiro atoms. The van der Waals surface area contributed by atoms with Crippen molar-refractivity contribution in [1.29, 1.82) is 0 Å². The Hall–Kier alpha value is -2.17. The lowest BCUT2D eigenvalue weighted by molar-refractivity contribution is 0.0659. The SMILES string of the molecule is Cc1ccc(-c2nc(C(C)(C)C)c(C(=O)O)o2)cc1F. The highest BCUT2D eigenvalue weighted by molar-refractivity contribution is 5.86. The highest BCUT2D eigenvalue weighted by Crippen LogP contribution is 2.30. The van der Waals surface area contributed by atoms with E-state index in [1.54, 1.807) is 19.1 Å². The van der Waals surface area contributed by atoms with Crippen LogP contribution in [0.2, 0.25) is 0 Å². The fourth-order valence-corrected chi connectivity index (χ4v) is 1.82. The zero-order chi connectivity index (χ0) is 15.1. The molecule has 5 heteroatoms. The van der Waals surface area contributed by atoms with Crippen LogP contribution in [0.3, 0.4) is 0 Å². The number of carboxylic acids is 1. The minimum atomic E-state index is -1.18. The summed E-state index contributed by atoms with van der Waals surface area (Å²) >= 11 is 0. The van der Waals surface area contributed by atoms with Crippen LogP contribution in [0.5, 0.6) is 0 Å². The number of nitrogens with zero attached hydrogens (tertiary/aromatic N) is 1. The molecule has 0 fully saturated rings. The van der Waals surface area contributed by atoms with Gasteiger partial charge in [-0.25, -0.2) is 14.2 Å². The molecule has 0 aliphatic carbocycles. The molecular formula is C15H16FNO3. The molecule has 1 aromatic carbocycles. The number of hydrogen-bond donors (Lipinski definition) is 1. The van der Waals surface area contributed by atoms with E-state index in [0.29, 0.717) is 16.8 Å². The minimum absolute atomic E-state index is 0.117. The van der Waals surface area contributed by atoms with Crippen LogP contribution >= 0.6 is 0 Å². The second-order valence-electron chi connectivity index (χ2n) is 5.72. The fourth-order valence-electron chi connectivity index (χ4n) is 1.82. The molecule has 0 aliphatic rings. The van der Waals surface area contributed by atoms with Gasteiger partial charge in [-0.15, -0.1) is 0 Å². The van der Waals surface area contributed by atoms with Crippen molar-refractivity contribution in [1.82, 2.24) is 4.98 Å². The third kappa shape index (κ3) is 2.57. The number of aryl methyl sites for hydroxylation is 1. The second-order valence-corrected chi connectivity index (χ2v) is 5.72. The van der Waals surface area contributed by atoms with E-state index < -0.39 is 11.4 Å². The van der Waals surface area contributed by atoms with E-state index in [1.807, 2.05) is 20.8 Å². The Morgan fingerprint density at radius 1 is 1.35 bits per heavy atom. The van der Waals surface area contributed by atoms with E-state index in [0.717, 1.165) is 0 Å². The Morgan fingerprint density at radius 2 is 2.00 bits per heavy atom. The first-order valence-electron chi connectivity index (χ1n) is 6.21. The summed E-state index contributed by atoms with van der Waals surface area (Å²) in [6.07, 6.45) is 0. The van der Waals surface area contributed by atoms with Crippen molar-refractivity contribution in [3.05, 3.63) is 41.0 Å². The number of hydrogen-bond acceptors (Lipinski definition) is 3. The third-order valence-electron chi connectivity index (χ3n) is 2.95. The van der Waals surface area contributed by atoms with Crippen molar-refractivity contribution in [3.8, 4) is 11.5 Å². The summed E-state index contributed by atoms with van der Waals surface area (Å²) in [5, 5.41) is 9.18.